The fourth-order valence-corrected chi connectivity index (χ4v) is 5.80. The van der Waals surface area contributed by atoms with Gasteiger partial charge in [-0.3, -0.25) is 4.79 Å². The van der Waals surface area contributed by atoms with Crippen molar-refractivity contribution >= 4 is 21.7 Å². The first-order valence-corrected chi connectivity index (χ1v) is 11.6. The van der Waals surface area contributed by atoms with Gasteiger partial charge in [0.1, 0.15) is 0 Å². The van der Waals surface area contributed by atoms with Gasteiger partial charge in [0, 0.05) is 12.1 Å². The maximum absolute atomic E-state index is 12.9. The Bertz CT molecular complexity index is 798. The van der Waals surface area contributed by atoms with E-state index in [1.165, 1.54) is 0 Å². The number of aliphatic hydroxyl groups is 1. The topological polar surface area (TPSA) is 101 Å². The molecule has 154 valence electrons. The van der Waals surface area contributed by atoms with Crippen LogP contribution in [-0.4, -0.2) is 60.5 Å². The van der Waals surface area contributed by atoms with Crippen molar-refractivity contribution in [3.8, 4) is 0 Å². The van der Waals surface area contributed by atoms with Gasteiger partial charge in [0.05, 0.1) is 23.7 Å². The Hall–Kier alpha value is -1.93. The summed E-state index contributed by atoms with van der Waals surface area (Å²) >= 11 is 0. The summed E-state index contributed by atoms with van der Waals surface area (Å²) in [5.41, 5.74) is 0.983. The third kappa shape index (κ3) is 5.11. The van der Waals surface area contributed by atoms with Crippen LogP contribution in [0.25, 0.3) is 0 Å². The Morgan fingerprint density at radius 2 is 1.71 bits per heavy atom. The van der Waals surface area contributed by atoms with Crippen molar-refractivity contribution < 1.29 is 27.9 Å². The second-order valence-corrected chi connectivity index (χ2v) is 9.81. The Kier molecular flexibility index (Phi) is 6.72. The number of ether oxygens (including phenoxy) is 1. The molecule has 1 aromatic rings. The molecule has 1 atom stereocenters. The van der Waals surface area contributed by atoms with Gasteiger partial charge in [0.25, 0.3) is 5.91 Å². The molecular weight excluding hydrogens is 382 g/mol. The number of nitrogens with zero attached hydrogens (tertiary/aromatic N) is 1. The zero-order valence-corrected chi connectivity index (χ0v) is 16.7. The van der Waals surface area contributed by atoms with Gasteiger partial charge in [-0.15, -0.1) is 0 Å². The number of carbonyl (C=O) groups is 2. The van der Waals surface area contributed by atoms with E-state index < -0.39 is 22.4 Å². The summed E-state index contributed by atoms with van der Waals surface area (Å²) in [4.78, 5) is 26.8. The lowest BCUT2D eigenvalue weighted by Crippen LogP contribution is -2.50. The minimum atomic E-state index is -3.12. The second-order valence-electron chi connectivity index (χ2n) is 7.58. The first-order valence-electron chi connectivity index (χ1n) is 9.78. The van der Waals surface area contributed by atoms with E-state index in [1.54, 1.807) is 29.2 Å². The van der Waals surface area contributed by atoms with E-state index in [9.17, 15) is 18.0 Å². The van der Waals surface area contributed by atoms with Crippen molar-refractivity contribution in [2.75, 3.05) is 18.1 Å². The Morgan fingerprint density at radius 1 is 1.04 bits per heavy atom. The molecule has 1 aromatic carbocycles. The molecule has 2 fully saturated rings. The molecule has 1 aliphatic carbocycles. The van der Waals surface area contributed by atoms with Crippen molar-refractivity contribution in [2.45, 2.75) is 57.2 Å². The number of carbonyl (C=O) groups excluding carboxylic acids is 2. The van der Waals surface area contributed by atoms with Crippen molar-refractivity contribution in [1.29, 1.82) is 0 Å². The largest absolute Gasteiger partial charge is 0.452 e. The maximum Gasteiger partial charge on any atom is 0.338 e. The number of hydrogen-bond donors (Lipinski definition) is 1. The number of esters is 1. The lowest BCUT2D eigenvalue weighted by atomic mass is 9.93. The molecule has 0 aromatic heterocycles. The summed E-state index contributed by atoms with van der Waals surface area (Å²) < 4.78 is 29.0. The van der Waals surface area contributed by atoms with E-state index in [1.807, 2.05) is 0 Å². The molecule has 0 radical (unpaired) electrons. The Balaban J connectivity index is 1.65. The third-order valence-electron chi connectivity index (χ3n) is 5.56. The van der Waals surface area contributed by atoms with Gasteiger partial charge in [0.15, 0.2) is 16.4 Å². The van der Waals surface area contributed by atoms with Crippen LogP contribution in [0.4, 0.5) is 0 Å². The molecule has 0 unspecified atom stereocenters. The summed E-state index contributed by atoms with van der Waals surface area (Å²) in [5.74, 6) is -0.841. The average molecular weight is 410 g/mol. The molecule has 0 spiro atoms. The maximum atomic E-state index is 12.9. The summed E-state index contributed by atoms with van der Waals surface area (Å²) in [5, 5.41) is 9.06. The molecule has 1 aliphatic heterocycles. The number of hydrogen-bond acceptors (Lipinski definition) is 6. The molecule has 8 heteroatoms. The van der Waals surface area contributed by atoms with Crippen LogP contribution >= 0.6 is 0 Å². The van der Waals surface area contributed by atoms with Gasteiger partial charge in [-0.25, -0.2) is 13.2 Å². The zero-order chi connectivity index (χ0) is 20.1. The Labute approximate surface area is 165 Å². The van der Waals surface area contributed by atoms with Crippen LogP contribution in [-0.2, 0) is 26.0 Å². The molecule has 0 bridgehead atoms. The fourth-order valence-electron chi connectivity index (χ4n) is 4.09. The van der Waals surface area contributed by atoms with Gasteiger partial charge < -0.3 is 14.7 Å². The predicted octanol–water partition coefficient (Wildman–Crippen LogP) is 1.68. The van der Waals surface area contributed by atoms with Crippen LogP contribution in [0.2, 0.25) is 0 Å². The highest BCUT2D eigenvalue weighted by atomic mass is 32.2. The fraction of sp³-hybridized carbons (Fsp3) is 0.600. The van der Waals surface area contributed by atoms with Crippen LogP contribution in [0.1, 0.15) is 54.4 Å². The van der Waals surface area contributed by atoms with E-state index in [2.05, 4.69) is 0 Å². The summed E-state index contributed by atoms with van der Waals surface area (Å²) in [6.07, 6.45) is 5.33. The van der Waals surface area contributed by atoms with Gasteiger partial charge in [-0.2, -0.15) is 0 Å². The van der Waals surface area contributed by atoms with Crippen LogP contribution in [0, 0.1) is 0 Å². The average Bonchev–Trinajstić information content (AvgIpc) is 3.06. The molecule has 1 amide bonds. The minimum Gasteiger partial charge on any atom is -0.452 e. The molecule has 3 rings (SSSR count). The van der Waals surface area contributed by atoms with Crippen molar-refractivity contribution in [3.05, 3.63) is 35.4 Å². The monoisotopic (exact) mass is 409 g/mol. The molecule has 2 aliphatic rings. The molecule has 1 N–H and O–H groups in total. The highest BCUT2D eigenvalue weighted by molar-refractivity contribution is 7.91. The van der Waals surface area contributed by atoms with E-state index >= 15 is 0 Å². The molecule has 28 heavy (non-hydrogen) atoms. The van der Waals surface area contributed by atoms with Gasteiger partial charge in [-0.05, 0) is 37.0 Å². The smallest absolute Gasteiger partial charge is 0.338 e. The first kappa shape index (κ1) is 20.8. The third-order valence-corrected chi connectivity index (χ3v) is 7.31. The quantitative estimate of drug-likeness (QED) is 0.718. The highest BCUT2D eigenvalue weighted by Gasteiger charge is 2.38. The second kappa shape index (κ2) is 9.05. The van der Waals surface area contributed by atoms with E-state index in [4.69, 9.17) is 9.84 Å². The Morgan fingerprint density at radius 3 is 2.29 bits per heavy atom. The summed E-state index contributed by atoms with van der Waals surface area (Å²) in [6, 6.07) is 6.01. The number of aliphatic hydroxyl groups excluding tert-OH is 1. The molecule has 7 nitrogen and oxygen atoms in total. The van der Waals surface area contributed by atoms with Crippen molar-refractivity contribution in [2.24, 2.45) is 0 Å². The van der Waals surface area contributed by atoms with E-state index in [0.29, 0.717) is 17.5 Å². The molecule has 1 heterocycles. The molecule has 1 saturated heterocycles. The van der Waals surface area contributed by atoms with Crippen molar-refractivity contribution in [1.82, 2.24) is 4.90 Å². The number of amides is 1. The van der Waals surface area contributed by atoms with Crippen LogP contribution in [0.3, 0.4) is 0 Å². The van der Waals surface area contributed by atoms with E-state index in [-0.39, 0.29) is 36.1 Å². The normalized spacial score (nSPS) is 22.0. The zero-order valence-electron chi connectivity index (χ0n) is 15.9. The number of sulfone groups is 1. The van der Waals surface area contributed by atoms with Gasteiger partial charge in [-0.1, -0.05) is 31.4 Å². The number of rotatable bonds is 6. The van der Waals surface area contributed by atoms with Crippen LogP contribution in [0.15, 0.2) is 24.3 Å². The lowest BCUT2D eigenvalue weighted by molar-refractivity contribution is -0.140. The van der Waals surface area contributed by atoms with Crippen LogP contribution < -0.4 is 0 Å². The van der Waals surface area contributed by atoms with Gasteiger partial charge >= 0.3 is 5.97 Å². The first-order chi connectivity index (χ1) is 13.4. The molecule has 1 saturated carbocycles. The molecular formula is C20H27NO6S. The highest BCUT2D eigenvalue weighted by Crippen LogP contribution is 2.28. The lowest BCUT2D eigenvalue weighted by Gasteiger charge is -2.38. The SMILES string of the molecule is O=C(OCC(=O)N(C1CCCCC1)[C@@H]1CCS(=O)(=O)C1)c1ccc(CO)cc1. The summed E-state index contributed by atoms with van der Waals surface area (Å²) in [6.45, 7) is -0.512. The minimum absolute atomic E-state index is 0.00813. The predicted molar refractivity (Wildman–Crippen MR) is 103 cm³/mol. The van der Waals surface area contributed by atoms with Gasteiger partial charge in [0.2, 0.25) is 0 Å². The van der Waals surface area contributed by atoms with E-state index in [0.717, 1.165) is 32.1 Å². The standard InChI is InChI=1S/C20H27NO6S/c22-12-15-6-8-16(9-7-15)20(24)27-13-19(23)21(17-4-2-1-3-5-17)18-10-11-28(25,26)14-18/h6-9,17-18,22H,1-5,10-14H2/t18-/m1/s1. The van der Waals surface area contributed by atoms with Crippen molar-refractivity contribution in [3.63, 3.8) is 0 Å². The summed E-state index contributed by atoms with van der Waals surface area (Å²) in [7, 11) is -3.12. The number of benzene rings is 1. The van der Waals surface area contributed by atoms with Crippen LogP contribution in [0.5, 0.6) is 0 Å².